The van der Waals surface area contributed by atoms with Gasteiger partial charge in [0.1, 0.15) is 6.61 Å². The number of alkyl halides is 3. The van der Waals surface area contributed by atoms with Crippen LogP contribution in [0.5, 0.6) is 11.5 Å². The van der Waals surface area contributed by atoms with Crippen molar-refractivity contribution in [3.8, 4) is 11.5 Å². The molecule has 0 amide bonds. The summed E-state index contributed by atoms with van der Waals surface area (Å²) < 4.78 is 53.5. The number of rotatable bonds is 9. The molecule has 3 aliphatic rings. The Bertz CT molecular complexity index is 1140. The molecule has 1 saturated heterocycles. The lowest BCUT2D eigenvalue weighted by atomic mass is 9.76. The molecule has 0 radical (unpaired) electrons. The maximum Gasteiger partial charge on any atom is 0.283 e. The van der Waals surface area contributed by atoms with Gasteiger partial charge in [-0.25, -0.2) is 8.78 Å². The van der Waals surface area contributed by atoms with Crippen LogP contribution >= 0.6 is 0 Å². The minimum atomic E-state index is -3.22. The highest BCUT2D eigenvalue weighted by Crippen LogP contribution is 2.46. The Labute approximate surface area is 224 Å². The molecule has 3 heterocycles. The largest absolute Gasteiger partial charge is 0.467 e. The number of ether oxygens (including phenoxy) is 2. The Morgan fingerprint density at radius 2 is 1.87 bits per heavy atom. The average Bonchev–Trinajstić information content (AvgIpc) is 3.44. The lowest BCUT2D eigenvalue weighted by Crippen LogP contribution is -2.49. The Morgan fingerprint density at radius 1 is 1.16 bits per heavy atom. The second-order valence-corrected chi connectivity index (χ2v) is 11.3. The molecule has 0 spiro atoms. The summed E-state index contributed by atoms with van der Waals surface area (Å²) in [6.07, 6.45) is 2.14. The monoisotopic (exact) mass is 529 g/mol. The van der Waals surface area contributed by atoms with Crippen molar-refractivity contribution in [3.63, 3.8) is 0 Å². The molecule has 3 aliphatic heterocycles. The van der Waals surface area contributed by atoms with E-state index in [1.807, 2.05) is 59.0 Å². The second kappa shape index (κ2) is 10.7. The molecule has 2 aromatic carbocycles. The van der Waals surface area contributed by atoms with Gasteiger partial charge < -0.3 is 24.8 Å². The molecule has 38 heavy (non-hydrogen) atoms. The predicted molar refractivity (Wildman–Crippen MR) is 147 cm³/mol. The molecule has 204 valence electrons. The smallest absolute Gasteiger partial charge is 0.283 e. The summed E-state index contributed by atoms with van der Waals surface area (Å²) in [5.74, 6) is -1.94. The SMILES string of the molecule is BC1(B)Oc2cc3c(cc2O1)[C@@H](c1ccc(N[C@H]2CCN(CCCF)C2)cc1)N(CC(F)(F)CO)[C@H](C)C3. The summed E-state index contributed by atoms with van der Waals surface area (Å²) in [6, 6.07) is 11.6. The van der Waals surface area contributed by atoms with Crippen molar-refractivity contribution in [2.75, 3.05) is 44.8 Å². The zero-order chi connectivity index (χ0) is 27.1. The number of halogens is 3. The van der Waals surface area contributed by atoms with E-state index in [0.29, 0.717) is 30.4 Å². The van der Waals surface area contributed by atoms with E-state index in [-0.39, 0.29) is 12.7 Å². The predicted octanol–water partition coefficient (Wildman–Crippen LogP) is 2.14. The molecule has 5 rings (SSSR count). The first-order chi connectivity index (χ1) is 18.1. The van der Waals surface area contributed by atoms with Crippen LogP contribution in [-0.4, -0.2) is 93.7 Å². The maximum atomic E-state index is 14.5. The van der Waals surface area contributed by atoms with Crippen LogP contribution in [0.1, 0.15) is 42.5 Å². The minimum absolute atomic E-state index is 0.176. The van der Waals surface area contributed by atoms with Crippen LogP contribution in [-0.2, 0) is 6.42 Å². The minimum Gasteiger partial charge on any atom is -0.467 e. The van der Waals surface area contributed by atoms with Crippen LogP contribution in [0.25, 0.3) is 0 Å². The summed E-state index contributed by atoms with van der Waals surface area (Å²) in [5, 5.41) is 12.9. The number of aliphatic hydroxyl groups is 1. The van der Waals surface area contributed by atoms with Crippen LogP contribution in [0.3, 0.4) is 0 Å². The van der Waals surface area contributed by atoms with Gasteiger partial charge in [-0.2, -0.15) is 0 Å². The molecule has 11 heteroatoms. The molecule has 0 bridgehead atoms. The average molecular weight is 529 g/mol. The summed E-state index contributed by atoms with van der Waals surface area (Å²) in [7, 11) is 3.69. The third-order valence-corrected chi connectivity index (χ3v) is 7.75. The van der Waals surface area contributed by atoms with Gasteiger partial charge in [0.2, 0.25) is 0 Å². The number of hydrogen-bond donors (Lipinski definition) is 2. The number of nitrogens with zero attached hydrogens (tertiary/aromatic N) is 2. The fourth-order valence-corrected chi connectivity index (χ4v) is 6.00. The number of anilines is 1. The van der Waals surface area contributed by atoms with Gasteiger partial charge >= 0.3 is 0 Å². The van der Waals surface area contributed by atoms with Crippen molar-refractivity contribution in [1.29, 1.82) is 0 Å². The van der Waals surface area contributed by atoms with Crippen molar-refractivity contribution in [3.05, 3.63) is 53.1 Å². The number of aliphatic hydroxyl groups excluding tert-OH is 1. The fourth-order valence-electron chi connectivity index (χ4n) is 6.00. The number of nitrogens with one attached hydrogen (secondary N) is 1. The summed E-state index contributed by atoms with van der Waals surface area (Å²) in [6.45, 7) is 2.51. The maximum absolute atomic E-state index is 14.5. The first-order valence-electron chi connectivity index (χ1n) is 13.5. The standard InChI is InChI=1S/C27H36B2F3N3O3/c1-17-11-19-12-23-24(38-27(28,29)37-23)13-22(19)25(35(17)15-26(31,32)16-36)18-3-5-20(6-4-18)33-21-7-10-34(14-21)9-2-8-30/h3-6,12-13,17,21,25,33,36H,2,7-11,14-16,28-29H2,1H3/t17-,21+,25-/m1/s1. The lowest BCUT2D eigenvalue weighted by molar-refractivity contribution is -0.0862. The number of likely N-dealkylation sites (tertiary alicyclic amines) is 1. The zero-order valence-corrected chi connectivity index (χ0v) is 22.4. The molecule has 0 aliphatic carbocycles. The van der Waals surface area contributed by atoms with Crippen LogP contribution in [0.15, 0.2) is 36.4 Å². The highest BCUT2D eigenvalue weighted by atomic mass is 19.3. The molecule has 0 saturated carbocycles. The lowest BCUT2D eigenvalue weighted by Gasteiger charge is -2.43. The van der Waals surface area contributed by atoms with Crippen molar-refractivity contribution in [2.24, 2.45) is 0 Å². The number of benzene rings is 2. The Morgan fingerprint density at radius 3 is 2.55 bits per heavy atom. The molecule has 1 fully saturated rings. The van der Waals surface area contributed by atoms with E-state index in [1.165, 1.54) is 0 Å². The Kier molecular flexibility index (Phi) is 7.63. The molecule has 2 N–H and O–H groups in total. The van der Waals surface area contributed by atoms with Crippen molar-refractivity contribution < 1.29 is 27.8 Å². The van der Waals surface area contributed by atoms with Crippen molar-refractivity contribution in [1.82, 2.24) is 9.80 Å². The van der Waals surface area contributed by atoms with Gasteiger partial charge in [0.15, 0.2) is 32.8 Å². The second-order valence-electron chi connectivity index (χ2n) is 11.3. The van der Waals surface area contributed by atoms with E-state index in [4.69, 9.17) is 9.47 Å². The van der Waals surface area contributed by atoms with E-state index in [9.17, 15) is 18.3 Å². The van der Waals surface area contributed by atoms with Gasteiger partial charge in [0, 0.05) is 37.4 Å². The van der Waals surface area contributed by atoms with E-state index in [0.717, 1.165) is 48.4 Å². The van der Waals surface area contributed by atoms with Crippen molar-refractivity contribution >= 4 is 21.4 Å². The Balaban J connectivity index is 1.42. The Hall–Kier alpha value is -2.36. The highest BCUT2D eigenvalue weighted by Gasteiger charge is 2.42. The third kappa shape index (κ3) is 5.80. The van der Waals surface area contributed by atoms with Crippen LogP contribution in [0, 0.1) is 0 Å². The molecule has 0 aromatic heterocycles. The molecule has 6 nitrogen and oxygen atoms in total. The van der Waals surface area contributed by atoms with E-state index < -0.39 is 30.7 Å². The molecular weight excluding hydrogens is 493 g/mol. The number of fused-ring (bicyclic) bond motifs is 2. The van der Waals surface area contributed by atoms with Gasteiger partial charge in [-0.15, -0.1) is 0 Å². The quantitative estimate of drug-likeness (QED) is 0.486. The summed E-state index contributed by atoms with van der Waals surface area (Å²) in [5.41, 5.74) is 3.04. The first-order valence-corrected chi connectivity index (χ1v) is 13.5. The van der Waals surface area contributed by atoms with Crippen LogP contribution in [0.4, 0.5) is 18.9 Å². The molecular formula is C27H36B2F3N3O3. The molecule has 2 aromatic rings. The zero-order valence-electron chi connectivity index (χ0n) is 22.4. The van der Waals surface area contributed by atoms with E-state index >= 15 is 0 Å². The van der Waals surface area contributed by atoms with E-state index in [1.54, 1.807) is 4.90 Å². The summed E-state index contributed by atoms with van der Waals surface area (Å²) >= 11 is 0. The third-order valence-electron chi connectivity index (χ3n) is 7.75. The van der Waals surface area contributed by atoms with Gasteiger partial charge in [0.25, 0.3) is 5.92 Å². The number of hydrogen-bond acceptors (Lipinski definition) is 6. The molecule has 0 unspecified atom stereocenters. The highest BCUT2D eigenvalue weighted by molar-refractivity contribution is 6.38. The van der Waals surface area contributed by atoms with Gasteiger partial charge in [-0.1, -0.05) is 12.1 Å². The topological polar surface area (TPSA) is 57.2 Å². The summed E-state index contributed by atoms with van der Waals surface area (Å²) in [4.78, 5) is 4.06. The van der Waals surface area contributed by atoms with Gasteiger partial charge in [0.05, 0.1) is 19.3 Å². The van der Waals surface area contributed by atoms with Gasteiger partial charge in [-0.3, -0.25) is 9.29 Å². The molecule has 3 atom stereocenters. The van der Waals surface area contributed by atoms with E-state index in [2.05, 4.69) is 10.2 Å². The fraction of sp³-hybridized carbons (Fsp3) is 0.556. The van der Waals surface area contributed by atoms with Crippen LogP contribution < -0.4 is 14.8 Å². The normalized spacial score (nSPS) is 24.9. The van der Waals surface area contributed by atoms with Crippen LogP contribution in [0.2, 0.25) is 0 Å². The van der Waals surface area contributed by atoms with Crippen molar-refractivity contribution in [2.45, 2.75) is 55.8 Å². The first kappa shape index (κ1) is 27.2. The van der Waals surface area contributed by atoms with Gasteiger partial charge in [-0.05, 0) is 67.1 Å².